The molecule has 4 aromatic rings. The summed E-state index contributed by atoms with van der Waals surface area (Å²) in [5.41, 5.74) is 7.31. The third kappa shape index (κ3) is 2.62. The molecular weight excluding hydrogens is 384 g/mol. The molecule has 0 atom stereocenters. The highest BCUT2D eigenvalue weighted by atomic mass is 16.2. The van der Waals surface area contributed by atoms with E-state index in [-0.39, 0.29) is 11.8 Å². The average molecular weight is 402 g/mol. The molecule has 148 valence electrons. The molecule has 2 heterocycles. The van der Waals surface area contributed by atoms with Crippen molar-refractivity contribution in [3.8, 4) is 0 Å². The van der Waals surface area contributed by atoms with Gasteiger partial charge in [0, 0.05) is 23.5 Å². The van der Waals surface area contributed by atoms with E-state index in [1.165, 1.54) is 16.0 Å². The molecule has 31 heavy (non-hydrogen) atoms. The Hall–Kier alpha value is -4.18. The Morgan fingerprint density at radius 2 is 0.903 bits per heavy atom. The standard InChI is InChI=1S/C27H18N2O2/c30-26-22-9-3-4-10-23(22)27(31)29(26)21-15-13-20(14-16-21)28-24-11-5-1-7-18(24)17-19-8-2-6-12-25(19)28/h1-16H,17H2. The van der Waals surface area contributed by atoms with Crippen molar-refractivity contribution in [2.24, 2.45) is 0 Å². The van der Waals surface area contributed by atoms with Gasteiger partial charge in [0.15, 0.2) is 0 Å². The smallest absolute Gasteiger partial charge is 0.266 e. The maximum absolute atomic E-state index is 12.8. The Bertz CT molecular complexity index is 1280. The number of fused-ring (bicyclic) bond motifs is 3. The van der Waals surface area contributed by atoms with E-state index in [0.29, 0.717) is 16.8 Å². The second-order valence-electron chi connectivity index (χ2n) is 7.78. The first-order valence-electron chi connectivity index (χ1n) is 10.3. The number of imide groups is 1. The molecule has 0 saturated heterocycles. The minimum absolute atomic E-state index is 0.276. The maximum atomic E-state index is 12.8. The van der Waals surface area contributed by atoms with Gasteiger partial charge >= 0.3 is 0 Å². The van der Waals surface area contributed by atoms with Crippen molar-refractivity contribution in [2.45, 2.75) is 6.42 Å². The molecule has 0 unspecified atom stereocenters. The molecule has 2 aliphatic rings. The number of para-hydroxylation sites is 2. The fraction of sp³-hybridized carbons (Fsp3) is 0.0370. The Labute approximate surface area is 180 Å². The van der Waals surface area contributed by atoms with E-state index in [1.54, 1.807) is 24.3 Å². The topological polar surface area (TPSA) is 40.6 Å². The van der Waals surface area contributed by atoms with Gasteiger partial charge in [-0.2, -0.15) is 0 Å². The van der Waals surface area contributed by atoms with Gasteiger partial charge in [0.05, 0.1) is 16.8 Å². The third-order valence-electron chi connectivity index (χ3n) is 6.01. The molecule has 0 N–H and O–H groups in total. The van der Waals surface area contributed by atoms with Crippen LogP contribution in [-0.4, -0.2) is 11.8 Å². The number of hydrogen-bond acceptors (Lipinski definition) is 3. The second-order valence-corrected chi connectivity index (χ2v) is 7.78. The van der Waals surface area contributed by atoms with Gasteiger partial charge in [-0.3, -0.25) is 9.59 Å². The molecule has 0 aromatic heterocycles. The number of benzene rings is 4. The molecule has 0 spiro atoms. The zero-order chi connectivity index (χ0) is 20.9. The van der Waals surface area contributed by atoms with Crippen molar-refractivity contribution in [3.63, 3.8) is 0 Å². The first-order valence-corrected chi connectivity index (χ1v) is 10.3. The van der Waals surface area contributed by atoms with Gasteiger partial charge in [-0.1, -0.05) is 48.5 Å². The quantitative estimate of drug-likeness (QED) is 0.347. The second kappa shape index (κ2) is 6.67. The lowest BCUT2D eigenvalue weighted by molar-refractivity contribution is 0.0926. The van der Waals surface area contributed by atoms with Crippen molar-refractivity contribution in [3.05, 3.63) is 119 Å². The lowest BCUT2D eigenvalue weighted by Crippen LogP contribution is -2.29. The van der Waals surface area contributed by atoms with E-state index in [0.717, 1.165) is 23.5 Å². The number of nitrogens with zero attached hydrogens (tertiary/aromatic N) is 2. The molecule has 2 aliphatic heterocycles. The summed E-state index contributed by atoms with van der Waals surface area (Å²) in [7, 11) is 0. The molecule has 0 bridgehead atoms. The summed E-state index contributed by atoms with van der Waals surface area (Å²) in [4.78, 5) is 29.1. The molecule has 4 heteroatoms. The summed E-state index contributed by atoms with van der Waals surface area (Å²) >= 11 is 0. The highest BCUT2D eigenvalue weighted by Gasteiger charge is 2.36. The predicted molar refractivity (Wildman–Crippen MR) is 122 cm³/mol. The molecule has 0 fully saturated rings. The van der Waals surface area contributed by atoms with Crippen molar-refractivity contribution in [2.75, 3.05) is 9.80 Å². The summed E-state index contributed by atoms with van der Waals surface area (Å²) in [6.07, 6.45) is 0.899. The van der Waals surface area contributed by atoms with Gasteiger partial charge in [-0.05, 0) is 59.7 Å². The number of amides is 2. The van der Waals surface area contributed by atoms with Crippen LogP contribution in [0.4, 0.5) is 22.7 Å². The van der Waals surface area contributed by atoms with Gasteiger partial charge in [0.25, 0.3) is 11.8 Å². The SMILES string of the molecule is O=C1c2ccccc2C(=O)N1c1ccc(N2c3ccccc3Cc3ccccc32)cc1. The summed E-state index contributed by atoms with van der Waals surface area (Å²) < 4.78 is 0. The molecule has 6 rings (SSSR count). The van der Waals surface area contributed by atoms with E-state index in [9.17, 15) is 9.59 Å². The van der Waals surface area contributed by atoms with Crippen LogP contribution < -0.4 is 9.80 Å². The van der Waals surface area contributed by atoms with Crippen LogP contribution in [0.1, 0.15) is 31.8 Å². The fourth-order valence-electron chi connectivity index (χ4n) is 4.54. The van der Waals surface area contributed by atoms with Crippen LogP contribution in [0.2, 0.25) is 0 Å². The third-order valence-corrected chi connectivity index (χ3v) is 6.01. The first kappa shape index (κ1) is 17.7. The fourth-order valence-corrected chi connectivity index (χ4v) is 4.54. The van der Waals surface area contributed by atoms with E-state index in [1.807, 2.05) is 36.4 Å². The Morgan fingerprint density at radius 3 is 1.42 bits per heavy atom. The Morgan fingerprint density at radius 1 is 0.484 bits per heavy atom. The van der Waals surface area contributed by atoms with E-state index in [2.05, 4.69) is 41.3 Å². The number of anilines is 4. The minimum atomic E-state index is -0.276. The predicted octanol–water partition coefficient (Wildman–Crippen LogP) is 5.86. The van der Waals surface area contributed by atoms with Crippen LogP contribution in [0, 0.1) is 0 Å². The normalized spacial score (nSPS) is 14.3. The molecule has 0 aliphatic carbocycles. The maximum Gasteiger partial charge on any atom is 0.266 e. The number of carbonyl (C=O) groups excluding carboxylic acids is 2. The summed E-state index contributed by atoms with van der Waals surface area (Å²) in [5, 5.41) is 0. The van der Waals surface area contributed by atoms with E-state index in [4.69, 9.17) is 0 Å². The van der Waals surface area contributed by atoms with Crippen LogP contribution in [0.15, 0.2) is 97.1 Å². The molecule has 4 aromatic carbocycles. The van der Waals surface area contributed by atoms with E-state index >= 15 is 0 Å². The number of hydrogen-bond donors (Lipinski definition) is 0. The number of carbonyl (C=O) groups is 2. The van der Waals surface area contributed by atoms with Crippen molar-refractivity contribution in [1.29, 1.82) is 0 Å². The highest BCUT2D eigenvalue weighted by Crippen LogP contribution is 2.44. The lowest BCUT2D eigenvalue weighted by atomic mass is 9.95. The summed E-state index contributed by atoms with van der Waals surface area (Å²) in [6.45, 7) is 0. The van der Waals surface area contributed by atoms with Crippen LogP contribution in [-0.2, 0) is 6.42 Å². The van der Waals surface area contributed by atoms with Crippen LogP contribution in [0.25, 0.3) is 0 Å². The van der Waals surface area contributed by atoms with Crippen LogP contribution >= 0.6 is 0 Å². The molecule has 0 saturated carbocycles. The summed E-state index contributed by atoms with van der Waals surface area (Å²) in [6, 6.07) is 31.4. The lowest BCUT2D eigenvalue weighted by Gasteiger charge is -2.33. The Kier molecular flexibility index (Phi) is 3.80. The van der Waals surface area contributed by atoms with Gasteiger partial charge in [-0.15, -0.1) is 0 Å². The molecule has 2 amide bonds. The summed E-state index contributed by atoms with van der Waals surface area (Å²) in [5.74, 6) is -0.552. The van der Waals surface area contributed by atoms with E-state index < -0.39 is 0 Å². The molecular formula is C27H18N2O2. The minimum Gasteiger partial charge on any atom is -0.310 e. The largest absolute Gasteiger partial charge is 0.310 e. The van der Waals surface area contributed by atoms with Crippen molar-refractivity contribution >= 4 is 34.6 Å². The first-order chi connectivity index (χ1) is 15.2. The van der Waals surface area contributed by atoms with Crippen LogP contribution in [0.5, 0.6) is 0 Å². The van der Waals surface area contributed by atoms with Crippen LogP contribution in [0.3, 0.4) is 0 Å². The van der Waals surface area contributed by atoms with Gasteiger partial charge < -0.3 is 4.90 Å². The molecule has 4 nitrogen and oxygen atoms in total. The monoisotopic (exact) mass is 402 g/mol. The zero-order valence-electron chi connectivity index (χ0n) is 16.7. The van der Waals surface area contributed by atoms with Crippen molar-refractivity contribution in [1.82, 2.24) is 0 Å². The van der Waals surface area contributed by atoms with Gasteiger partial charge in [0.1, 0.15) is 0 Å². The van der Waals surface area contributed by atoms with Crippen molar-refractivity contribution < 1.29 is 9.59 Å². The highest BCUT2D eigenvalue weighted by molar-refractivity contribution is 6.34. The van der Waals surface area contributed by atoms with Gasteiger partial charge in [-0.25, -0.2) is 4.90 Å². The number of rotatable bonds is 2. The zero-order valence-corrected chi connectivity index (χ0v) is 16.7. The van der Waals surface area contributed by atoms with Gasteiger partial charge in [0.2, 0.25) is 0 Å². The molecule has 0 radical (unpaired) electrons. The Balaban J connectivity index is 1.41. The average Bonchev–Trinajstić information content (AvgIpc) is 3.08.